The lowest BCUT2D eigenvalue weighted by atomic mass is 10.3. The molecule has 0 spiro atoms. The Labute approximate surface area is 93.2 Å². The Morgan fingerprint density at radius 3 is 2.50 bits per heavy atom. The highest BCUT2D eigenvalue weighted by Crippen LogP contribution is 2.09. The lowest BCUT2D eigenvalue weighted by Gasteiger charge is -2.17. The zero-order valence-electron chi connectivity index (χ0n) is 10.0. The van der Waals surface area contributed by atoms with Gasteiger partial charge in [0.15, 0.2) is 0 Å². The number of hydrogen-bond acceptors (Lipinski definition) is 3. The predicted molar refractivity (Wildman–Crippen MR) is 66.1 cm³/mol. The highest BCUT2D eigenvalue weighted by Gasteiger charge is 2.07. The molecule has 0 aromatic rings. The SMILES string of the molecule is CCCNC(COC)CSCC(C)C. The molecule has 0 saturated heterocycles. The molecule has 0 bridgehead atoms. The molecule has 0 aliphatic heterocycles. The van der Waals surface area contributed by atoms with Crippen LogP contribution in [0.2, 0.25) is 0 Å². The van der Waals surface area contributed by atoms with Crippen molar-refractivity contribution in [3.63, 3.8) is 0 Å². The molecule has 0 saturated carbocycles. The molecule has 1 N–H and O–H groups in total. The van der Waals surface area contributed by atoms with Crippen molar-refractivity contribution in [1.82, 2.24) is 5.32 Å². The first-order chi connectivity index (χ1) is 6.70. The molecule has 0 aromatic heterocycles. The molecule has 0 amide bonds. The van der Waals surface area contributed by atoms with Crippen molar-refractivity contribution in [2.75, 3.05) is 31.8 Å². The summed E-state index contributed by atoms with van der Waals surface area (Å²) in [7, 11) is 1.77. The van der Waals surface area contributed by atoms with Crippen molar-refractivity contribution in [1.29, 1.82) is 0 Å². The van der Waals surface area contributed by atoms with E-state index in [0.717, 1.165) is 24.8 Å². The summed E-state index contributed by atoms with van der Waals surface area (Å²) in [6.45, 7) is 8.63. The van der Waals surface area contributed by atoms with Gasteiger partial charge < -0.3 is 10.1 Å². The van der Waals surface area contributed by atoms with Crippen molar-refractivity contribution in [2.24, 2.45) is 5.92 Å². The molecule has 3 heteroatoms. The first-order valence-corrected chi connectivity index (χ1v) is 6.66. The zero-order valence-corrected chi connectivity index (χ0v) is 10.8. The van der Waals surface area contributed by atoms with Crippen LogP contribution in [0.3, 0.4) is 0 Å². The standard InChI is InChI=1S/C11H25NOS/c1-5-6-12-11(7-13-4)9-14-8-10(2)3/h10-12H,5-9H2,1-4H3. The van der Waals surface area contributed by atoms with Crippen molar-refractivity contribution in [2.45, 2.75) is 33.2 Å². The molecule has 1 atom stereocenters. The van der Waals surface area contributed by atoms with Crippen LogP contribution >= 0.6 is 11.8 Å². The lowest BCUT2D eigenvalue weighted by molar-refractivity contribution is 0.174. The number of methoxy groups -OCH3 is 1. The Bertz CT molecular complexity index is 120. The van der Waals surface area contributed by atoms with E-state index >= 15 is 0 Å². The van der Waals surface area contributed by atoms with E-state index in [-0.39, 0.29) is 0 Å². The quantitative estimate of drug-likeness (QED) is 0.643. The minimum atomic E-state index is 0.517. The van der Waals surface area contributed by atoms with Crippen molar-refractivity contribution in [3.05, 3.63) is 0 Å². The van der Waals surface area contributed by atoms with Crippen molar-refractivity contribution in [3.8, 4) is 0 Å². The van der Waals surface area contributed by atoms with E-state index in [2.05, 4.69) is 26.1 Å². The summed E-state index contributed by atoms with van der Waals surface area (Å²) in [4.78, 5) is 0. The van der Waals surface area contributed by atoms with Gasteiger partial charge in [0.05, 0.1) is 6.61 Å². The van der Waals surface area contributed by atoms with Crippen LogP contribution < -0.4 is 5.32 Å². The van der Waals surface area contributed by atoms with Gasteiger partial charge in [-0.3, -0.25) is 0 Å². The summed E-state index contributed by atoms with van der Waals surface area (Å²) in [5.74, 6) is 3.19. The van der Waals surface area contributed by atoms with E-state index < -0.39 is 0 Å². The normalized spacial score (nSPS) is 13.5. The Hall–Kier alpha value is 0.270. The summed E-state index contributed by atoms with van der Waals surface area (Å²) < 4.78 is 5.18. The van der Waals surface area contributed by atoms with Gasteiger partial charge in [0.25, 0.3) is 0 Å². The van der Waals surface area contributed by atoms with E-state index in [1.165, 1.54) is 12.2 Å². The van der Waals surface area contributed by atoms with Gasteiger partial charge in [0, 0.05) is 18.9 Å². The maximum atomic E-state index is 5.18. The molecule has 86 valence electrons. The number of ether oxygens (including phenoxy) is 1. The van der Waals surface area contributed by atoms with E-state index in [1.807, 2.05) is 11.8 Å². The fourth-order valence-corrected chi connectivity index (χ4v) is 2.27. The second-order valence-electron chi connectivity index (χ2n) is 4.04. The molecule has 0 aliphatic rings. The molecule has 0 aliphatic carbocycles. The largest absolute Gasteiger partial charge is 0.383 e. The second-order valence-corrected chi connectivity index (χ2v) is 5.11. The number of rotatable bonds is 9. The Kier molecular flexibility index (Phi) is 10.0. The monoisotopic (exact) mass is 219 g/mol. The third-order valence-electron chi connectivity index (χ3n) is 1.82. The van der Waals surface area contributed by atoms with Crippen LogP contribution in [0.4, 0.5) is 0 Å². The molecule has 0 fully saturated rings. The average Bonchev–Trinajstić information content (AvgIpc) is 2.13. The van der Waals surface area contributed by atoms with Crippen LogP contribution in [0.5, 0.6) is 0 Å². The molecular formula is C11H25NOS. The predicted octanol–water partition coefficient (Wildman–Crippen LogP) is 2.39. The van der Waals surface area contributed by atoms with Gasteiger partial charge in [-0.1, -0.05) is 20.8 Å². The van der Waals surface area contributed by atoms with E-state index in [0.29, 0.717) is 6.04 Å². The minimum Gasteiger partial charge on any atom is -0.383 e. The fraction of sp³-hybridized carbons (Fsp3) is 1.00. The second kappa shape index (κ2) is 9.81. The van der Waals surface area contributed by atoms with Gasteiger partial charge >= 0.3 is 0 Å². The minimum absolute atomic E-state index is 0.517. The maximum absolute atomic E-state index is 5.18. The van der Waals surface area contributed by atoms with Gasteiger partial charge in [0.1, 0.15) is 0 Å². The fourth-order valence-electron chi connectivity index (χ4n) is 1.16. The van der Waals surface area contributed by atoms with Gasteiger partial charge in [0.2, 0.25) is 0 Å². The smallest absolute Gasteiger partial charge is 0.0623 e. The van der Waals surface area contributed by atoms with Crippen LogP contribution in [-0.4, -0.2) is 37.8 Å². The molecule has 14 heavy (non-hydrogen) atoms. The van der Waals surface area contributed by atoms with Gasteiger partial charge in [-0.05, 0) is 24.6 Å². The van der Waals surface area contributed by atoms with Crippen molar-refractivity contribution >= 4 is 11.8 Å². The molecule has 0 aromatic carbocycles. The van der Waals surface area contributed by atoms with Crippen LogP contribution in [0.1, 0.15) is 27.2 Å². The third-order valence-corrected chi connectivity index (χ3v) is 3.36. The third kappa shape index (κ3) is 8.85. The first kappa shape index (κ1) is 14.3. The van der Waals surface area contributed by atoms with Gasteiger partial charge in [-0.25, -0.2) is 0 Å². The molecular weight excluding hydrogens is 194 g/mol. The summed E-state index contributed by atoms with van der Waals surface area (Å²) in [5.41, 5.74) is 0. The highest BCUT2D eigenvalue weighted by molar-refractivity contribution is 7.99. The number of nitrogens with one attached hydrogen (secondary N) is 1. The van der Waals surface area contributed by atoms with Gasteiger partial charge in [-0.15, -0.1) is 0 Å². The first-order valence-electron chi connectivity index (χ1n) is 5.50. The Morgan fingerprint density at radius 2 is 2.00 bits per heavy atom. The molecule has 0 rings (SSSR count). The summed E-state index contributed by atoms with van der Waals surface area (Å²) in [6.07, 6.45) is 1.19. The van der Waals surface area contributed by atoms with Gasteiger partial charge in [-0.2, -0.15) is 11.8 Å². The average molecular weight is 219 g/mol. The Balaban J connectivity index is 3.50. The number of thioether (sulfide) groups is 1. The highest BCUT2D eigenvalue weighted by atomic mass is 32.2. The number of hydrogen-bond donors (Lipinski definition) is 1. The summed E-state index contributed by atoms with van der Waals surface area (Å²) >= 11 is 2.02. The molecule has 2 nitrogen and oxygen atoms in total. The maximum Gasteiger partial charge on any atom is 0.0623 e. The van der Waals surface area contributed by atoms with E-state index in [9.17, 15) is 0 Å². The van der Waals surface area contributed by atoms with E-state index in [4.69, 9.17) is 4.74 Å². The zero-order chi connectivity index (χ0) is 10.8. The van der Waals surface area contributed by atoms with Crippen LogP contribution in [0.25, 0.3) is 0 Å². The van der Waals surface area contributed by atoms with Crippen LogP contribution in [0, 0.1) is 5.92 Å². The molecule has 1 unspecified atom stereocenters. The summed E-state index contributed by atoms with van der Waals surface area (Å²) in [5, 5.41) is 3.50. The van der Waals surface area contributed by atoms with E-state index in [1.54, 1.807) is 7.11 Å². The van der Waals surface area contributed by atoms with Crippen LogP contribution in [0.15, 0.2) is 0 Å². The van der Waals surface area contributed by atoms with Crippen molar-refractivity contribution < 1.29 is 4.74 Å². The topological polar surface area (TPSA) is 21.3 Å². The summed E-state index contributed by atoms with van der Waals surface area (Å²) in [6, 6.07) is 0.517. The van der Waals surface area contributed by atoms with Crippen LogP contribution in [-0.2, 0) is 4.74 Å². The molecule has 0 radical (unpaired) electrons. The lowest BCUT2D eigenvalue weighted by Crippen LogP contribution is -2.36. The molecule has 0 heterocycles. The Morgan fingerprint density at radius 1 is 1.29 bits per heavy atom.